The monoisotopic (exact) mass is 503 g/mol. The van der Waals surface area contributed by atoms with E-state index in [1.165, 1.54) is 6.07 Å². The maximum atomic E-state index is 13.3. The van der Waals surface area contributed by atoms with Crippen molar-refractivity contribution in [3.63, 3.8) is 0 Å². The van der Waals surface area contributed by atoms with Crippen LogP contribution in [0.1, 0.15) is 47.7 Å². The summed E-state index contributed by atoms with van der Waals surface area (Å²) in [5.41, 5.74) is 10.7. The van der Waals surface area contributed by atoms with Crippen molar-refractivity contribution in [1.82, 2.24) is 9.78 Å². The number of hydrogen-bond donors (Lipinski definition) is 4. The average molecular weight is 504 g/mol. The fraction of sp³-hybridized carbons (Fsp3) is 0.185. The van der Waals surface area contributed by atoms with E-state index in [4.69, 9.17) is 16.3 Å². The van der Waals surface area contributed by atoms with Gasteiger partial charge in [-0.3, -0.25) is 15.3 Å². The Morgan fingerprint density at radius 1 is 1.00 bits per heavy atom. The van der Waals surface area contributed by atoms with Gasteiger partial charge < -0.3 is 5.73 Å². The molecule has 0 spiro atoms. The zero-order valence-corrected chi connectivity index (χ0v) is 21.0. The molecule has 6 N–H and O–H groups in total. The summed E-state index contributed by atoms with van der Waals surface area (Å²) >= 11 is 0. The minimum absolute atomic E-state index is 0.0191. The van der Waals surface area contributed by atoms with E-state index >= 15 is 0 Å². The van der Waals surface area contributed by atoms with Crippen LogP contribution in [-0.2, 0) is 23.0 Å². The molecule has 186 valence electrons. The molecule has 4 rings (SSSR count). The molecule has 36 heavy (non-hydrogen) atoms. The van der Waals surface area contributed by atoms with Crippen LogP contribution in [0.4, 0.5) is 0 Å². The fourth-order valence-corrected chi connectivity index (χ4v) is 5.04. The van der Waals surface area contributed by atoms with Gasteiger partial charge in [-0.1, -0.05) is 74.5 Å². The van der Waals surface area contributed by atoms with Gasteiger partial charge in [-0.25, -0.2) is 18.2 Å². The highest BCUT2D eigenvalue weighted by Crippen LogP contribution is 2.27. The first-order chi connectivity index (χ1) is 17.0. The fourth-order valence-electron chi connectivity index (χ4n) is 4.28. The number of nitrogens with zero attached hydrogens (tertiary/aromatic N) is 1. The molecular weight excluding hydrogens is 474 g/mol. The van der Waals surface area contributed by atoms with Crippen molar-refractivity contribution in [3.8, 4) is 11.1 Å². The van der Waals surface area contributed by atoms with Gasteiger partial charge in [0.2, 0.25) is 10.0 Å². The summed E-state index contributed by atoms with van der Waals surface area (Å²) in [6, 6.07) is 21.4. The molecule has 0 saturated heterocycles. The maximum absolute atomic E-state index is 13.3. The van der Waals surface area contributed by atoms with Crippen molar-refractivity contribution in [2.45, 2.75) is 37.6 Å². The van der Waals surface area contributed by atoms with Crippen LogP contribution in [0.2, 0.25) is 0 Å². The molecule has 0 atom stereocenters. The number of amidine groups is 1. The second kappa shape index (κ2) is 9.96. The van der Waals surface area contributed by atoms with Crippen LogP contribution in [0.15, 0.2) is 82.5 Å². The molecule has 8 nitrogen and oxygen atoms in total. The van der Waals surface area contributed by atoms with Gasteiger partial charge in [0.25, 0.3) is 5.56 Å². The van der Waals surface area contributed by atoms with Gasteiger partial charge in [0.05, 0.1) is 11.4 Å². The lowest BCUT2D eigenvalue weighted by Crippen LogP contribution is -2.20. The van der Waals surface area contributed by atoms with Crippen molar-refractivity contribution in [2.24, 2.45) is 10.9 Å². The first-order valence-corrected chi connectivity index (χ1v) is 13.0. The number of nitrogens with one attached hydrogen (secondary N) is 2. The third-order valence-corrected chi connectivity index (χ3v) is 7.05. The molecular formula is C27H29N5O3S. The molecule has 0 aliphatic heterocycles. The van der Waals surface area contributed by atoms with Crippen molar-refractivity contribution in [2.75, 3.05) is 0 Å². The predicted molar refractivity (Wildman–Crippen MR) is 142 cm³/mol. The third-order valence-electron chi connectivity index (χ3n) is 6.08. The average Bonchev–Trinajstić information content (AvgIpc) is 3.14. The van der Waals surface area contributed by atoms with Gasteiger partial charge in [0.1, 0.15) is 5.84 Å². The van der Waals surface area contributed by atoms with Crippen LogP contribution in [0.5, 0.6) is 0 Å². The summed E-state index contributed by atoms with van der Waals surface area (Å²) in [5, 5.41) is 16.3. The number of benzene rings is 3. The SMILES string of the molecule is CC(C)c1[nH]n(Cc2cccc(C(=N)N)c2)c(=O)c1Cc1ccc(-c2ccccc2S(N)(=O)=O)cc1. The summed E-state index contributed by atoms with van der Waals surface area (Å²) in [7, 11) is -3.86. The molecule has 0 aliphatic rings. The number of sulfonamides is 1. The Labute approximate surface area is 210 Å². The predicted octanol–water partition coefficient (Wildman–Crippen LogP) is 3.54. The summed E-state index contributed by atoms with van der Waals surface area (Å²) in [4.78, 5) is 13.4. The van der Waals surface area contributed by atoms with Gasteiger partial charge in [0.15, 0.2) is 0 Å². The highest BCUT2D eigenvalue weighted by atomic mass is 32.2. The number of aromatic amines is 1. The van der Waals surface area contributed by atoms with Crippen LogP contribution in [0.25, 0.3) is 11.1 Å². The number of rotatable bonds is 8. The topological polar surface area (TPSA) is 148 Å². The van der Waals surface area contributed by atoms with E-state index in [1.807, 2.05) is 56.3 Å². The number of nitrogens with two attached hydrogens (primary N) is 2. The van der Waals surface area contributed by atoms with Gasteiger partial charge in [-0.15, -0.1) is 0 Å². The first kappa shape index (κ1) is 25.2. The molecule has 0 bridgehead atoms. The van der Waals surface area contributed by atoms with Crippen molar-refractivity contribution in [3.05, 3.63) is 111 Å². The van der Waals surface area contributed by atoms with E-state index in [2.05, 4.69) is 5.10 Å². The molecule has 0 unspecified atom stereocenters. The summed E-state index contributed by atoms with van der Waals surface area (Å²) in [6.45, 7) is 4.40. The van der Waals surface area contributed by atoms with E-state index in [9.17, 15) is 13.2 Å². The molecule has 0 aliphatic carbocycles. The number of nitrogen functional groups attached to an aromatic ring is 1. The molecule has 0 saturated carbocycles. The number of primary sulfonamides is 1. The zero-order chi connectivity index (χ0) is 26.0. The molecule has 0 radical (unpaired) electrons. The Morgan fingerprint density at radius 3 is 2.33 bits per heavy atom. The molecule has 1 heterocycles. The second-order valence-corrected chi connectivity index (χ2v) is 10.6. The third kappa shape index (κ3) is 5.32. The highest BCUT2D eigenvalue weighted by molar-refractivity contribution is 7.89. The molecule has 0 amide bonds. The summed E-state index contributed by atoms with van der Waals surface area (Å²) in [5.74, 6) is 0.0905. The first-order valence-electron chi connectivity index (χ1n) is 11.5. The minimum atomic E-state index is -3.86. The van der Waals surface area contributed by atoms with Crippen LogP contribution >= 0.6 is 0 Å². The standard InChI is InChI=1S/C27H29N5O3S/c1-17(2)25-23(27(33)32(31-25)16-19-6-5-7-21(14-19)26(28)29)15-18-10-12-20(13-11-18)22-8-3-4-9-24(22)36(30,34)35/h3-14,17,31H,15-16H2,1-2H3,(H3,28,29)(H2,30,34,35). The van der Waals surface area contributed by atoms with Gasteiger partial charge in [-0.05, 0) is 34.7 Å². The lowest BCUT2D eigenvalue weighted by Gasteiger charge is -2.09. The van der Waals surface area contributed by atoms with Crippen molar-refractivity contribution < 1.29 is 8.42 Å². The normalized spacial score (nSPS) is 11.7. The Morgan fingerprint density at radius 2 is 1.69 bits per heavy atom. The summed E-state index contributed by atoms with van der Waals surface area (Å²) in [6.07, 6.45) is 0.431. The number of hydrogen-bond acceptors (Lipinski definition) is 4. The molecule has 9 heteroatoms. The van der Waals surface area contributed by atoms with Crippen LogP contribution in [0, 0.1) is 5.41 Å². The highest BCUT2D eigenvalue weighted by Gasteiger charge is 2.18. The molecule has 4 aromatic rings. The maximum Gasteiger partial charge on any atom is 0.270 e. The molecule has 1 aromatic heterocycles. The molecule has 3 aromatic carbocycles. The summed E-state index contributed by atoms with van der Waals surface area (Å²) < 4.78 is 25.5. The largest absolute Gasteiger partial charge is 0.384 e. The lowest BCUT2D eigenvalue weighted by atomic mass is 9.98. The minimum Gasteiger partial charge on any atom is -0.384 e. The van der Waals surface area contributed by atoms with Gasteiger partial charge in [0, 0.05) is 28.8 Å². The number of H-pyrrole nitrogens is 1. The van der Waals surface area contributed by atoms with E-state index in [1.54, 1.807) is 28.9 Å². The van der Waals surface area contributed by atoms with E-state index in [0.29, 0.717) is 29.7 Å². The van der Waals surface area contributed by atoms with Crippen molar-refractivity contribution >= 4 is 15.9 Å². The van der Waals surface area contributed by atoms with E-state index in [-0.39, 0.29) is 22.2 Å². The smallest absolute Gasteiger partial charge is 0.270 e. The Bertz CT molecular complexity index is 1580. The lowest BCUT2D eigenvalue weighted by molar-refractivity contribution is 0.598. The Balaban J connectivity index is 1.64. The van der Waals surface area contributed by atoms with Crippen molar-refractivity contribution in [1.29, 1.82) is 5.41 Å². The Kier molecular flexibility index (Phi) is 6.96. The van der Waals surface area contributed by atoms with Gasteiger partial charge in [-0.2, -0.15) is 0 Å². The number of aromatic nitrogens is 2. The second-order valence-electron chi connectivity index (χ2n) is 9.08. The van der Waals surface area contributed by atoms with E-state index in [0.717, 1.165) is 22.4 Å². The van der Waals surface area contributed by atoms with E-state index < -0.39 is 10.0 Å². The Hall–Kier alpha value is -3.95. The van der Waals surface area contributed by atoms with Crippen LogP contribution in [0.3, 0.4) is 0 Å². The van der Waals surface area contributed by atoms with Crippen LogP contribution in [-0.4, -0.2) is 24.0 Å². The zero-order valence-electron chi connectivity index (χ0n) is 20.2. The molecule has 0 fully saturated rings. The van der Waals surface area contributed by atoms with Gasteiger partial charge >= 0.3 is 0 Å². The van der Waals surface area contributed by atoms with Crippen LogP contribution < -0.4 is 16.4 Å². The quantitative estimate of drug-likeness (QED) is 0.215.